The quantitative estimate of drug-likeness (QED) is 0.911. The van der Waals surface area contributed by atoms with Crippen LogP contribution in [0, 0.1) is 20.8 Å². The SMILES string of the molecule is Cc1cc(CS[C@@H](C)C(=O)Nc2c(C)cccc2C)no1. The third-order valence-electron chi connectivity index (χ3n) is 3.26. The van der Waals surface area contributed by atoms with E-state index in [1.807, 2.05) is 52.0 Å². The zero-order chi connectivity index (χ0) is 15.4. The van der Waals surface area contributed by atoms with E-state index >= 15 is 0 Å². The minimum Gasteiger partial charge on any atom is -0.361 e. The number of benzene rings is 1. The first-order valence-electron chi connectivity index (χ1n) is 6.88. The van der Waals surface area contributed by atoms with Crippen molar-refractivity contribution in [2.24, 2.45) is 0 Å². The summed E-state index contributed by atoms with van der Waals surface area (Å²) in [4.78, 5) is 12.3. The number of carbonyl (C=O) groups excluding carboxylic acids is 1. The zero-order valence-corrected chi connectivity index (χ0v) is 13.6. The van der Waals surface area contributed by atoms with Crippen molar-refractivity contribution in [1.82, 2.24) is 5.16 Å². The molecule has 2 rings (SSSR count). The number of rotatable bonds is 5. The topological polar surface area (TPSA) is 55.1 Å². The van der Waals surface area contributed by atoms with Crippen LogP contribution < -0.4 is 5.32 Å². The van der Waals surface area contributed by atoms with Gasteiger partial charge >= 0.3 is 0 Å². The summed E-state index contributed by atoms with van der Waals surface area (Å²) in [5, 5.41) is 6.80. The predicted molar refractivity (Wildman–Crippen MR) is 86.5 cm³/mol. The predicted octanol–water partition coefficient (Wildman–Crippen LogP) is 3.86. The van der Waals surface area contributed by atoms with Crippen molar-refractivity contribution in [1.29, 1.82) is 0 Å². The van der Waals surface area contributed by atoms with E-state index in [2.05, 4.69) is 10.5 Å². The molecule has 1 aromatic carbocycles. The highest BCUT2D eigenvalue weighted by Gasteiger charge is 2.16. The Bertz CT molecular complexity index is 617. The van der Waals surface area contributed by atoms with E-state index in [9.17, 15) is 4.79 Å². The first-order valence-corrected chi connectivity index (χ1v) is 7.93. The third kappa shape index (κ3) is 4.11. The number of nitrogens with one attached hydrogen (secondary N) is 1. The van der Waals surface area contributed by atoms with Gasteiger partial charge in [-0.15, -0.1) is 11.8 Å². The Balaban J connectivity index is 1.93. The van der Waals surface area contributed by atoms with Gasteiger partial charge in [-0.1, -0.05) is 23.4 Å². The molecule has 2 aromatic rings. The summed E-state index contributed by atoms with van der Waals surface area (Å²) in [5.74, 6) is 1.47. The molecule has 0 aliphatic heterocycles. The number of hydrogen-bond donors (Lipinski definition) is 1. The molecule has 0 aliphatic rings. The fraction of sp³-hybridized carbons (Fsp3) is 0.375. The Morgan fingerprint density at radius 2 is 2.00 bits per heavy atom. The van der Waals surface area contributed by atoms with Crippen molar-refractivity contribution in [2.75, 3.05) is 5.32 Å². The van der Waals surface area contributed by atoms with Crippen molar-refractivity contribution in [3.63, 3.8) is 0 Å². The molecule has 0 saturated carbocycles. The van der Waals surface area contributed by atoms with Gasteiger partial charge in [0.1, 0.15) is 5.76 Å². The molecule has 1 aromatic heterocycles. The molecular formula is C16H20N2O2S. The van der Waals surface area contributed by atoms with Crippen LogP contribution in [0.5, 0.6) is 0 Å². The fourth-order valence-corrected chi connectivity index (χ4v) is 2.78. The number of aromatic nitrogens is 1. The first kappa shape index (κ1) is 15.6. The van der Waals surface area contributed by atoms with Crippen molar-refractivity contribution >= 4 is 23.4 Å². The van der Waals surface area contributed by atoms with Crippen LogP contribution in [0.4, 0.5) is 5.69 Å². The van der Waals surface area contributed by atoms with Crippen molar-refractivity contribution in [2.45, 2.75) is 38.7 Å². The van der Waals surface area contributed by atoms with E-state index < -0.39 is 0 Å². The highest BCUT2D eigenvalue weighted by atomic mass is 32.2. The lowest BCUT2D eigenvalue weighted by atomic mass is 10.1. The van der Waals surface area contributed by atoms with Crippen LogP contribution in [0.2, 0.25) is 0 Å². The highest BCUT2D eigenvalue weighted by Crippen LogP contribution is 2.23. The van der Waals surface area contributed by atoms with Gasteiger partial charge in [0.2, 0.25) is 5.91 Å². The second-order valence-corrected chi connectivity index (χ2v) is 6.47. The van der Waals surface area contributed by atoms with Crippen LogP contribution in [0.15, 0.2) is 28.8 Å². The molecule has 0 unspecified atom stereocenters. The number of para-hydroxylation sites is 1. The highest BCUT2D eigenvalue weighted by molar-refractivity contribution is 7.99. The van der Waals surface area contributed by atoms with Crippen molar-refractivity contribution in [3.05, 3.63) is 46.8 Å². The Morgan fingerprint density at radius 1 is 1.33 bits per heavy atom. The second-order valence-electron chi connectivity index (χ2n) is 5.14. The summed E-state index contributed by atoms with van der Waals surface area (Å²) < 4.78 is 5.02. The summed E-state index contributed by atoms with van der Waals surface area (Å²) in [7, 11) is 0. The van der Waals surface area contributed by atoms with E-state index in [-0.39, 0.29) is 11.2 Å². The van der Waals surface area contributed by atoms with Crippen LogP contribution in [-0.2, 0) is 10.5 Å². The molecular weight excluding hydrogens is 284 g/mol. The lowest BCUT2D eigenvalue weighted by Crippen LogP contribution is -2.23. The summed E-state index contributed by atoms with van der Waals surface area (Å²) in [5.41, 5.74) is 3.93. The molecule has 112 valence electrons. The van der Waals surface area contributed by atoms with Crippen molar-refractivity contribution in [3.8, 4) is 0 Å². The first-order chi connectivity index (χ1) is 9.97. The monoisotopic (exact) mass is 304 g/mol. The normalized spacial score (nSPS) is 12.2. The standard InChI is InChI=1S/C16H20N2O2S/c1-10-6-5-7-11(2)15(10)17-16(19)13(4)21-9-14-8-12(3)20-18-14/h5-8,13H,9H2,1-4H3,(H,17,19)/t13-/m0/s1. The van der Waals surface area contributed by atoms with Gasteiger partial charge in [-0.3, -0.25) is 4.79 Å². The Morgan fingerprint density at radius 3 is 2.57 bits per heavy atom. The maximum Gasteiger partial charge on any atom is 0.237 e. The lowest BCUT2D eigenvalue weighted by Gasteiger charge is -2.15. The summed E-state index contributed by atoms with van der Waals surface area (Å²) in [6.45, 7) is 7.76. The second kappa shape index (κ2) is 6.80. The minimum atomic E-state index is -0.152. The van der Waals surface area contributed by atoms with Crippen LogP contribution in [0.3, 0.4) is 0 Å². The van der Waals surface area contributed by atoms with E-state index in [1.54, 1.807) is 11.8 Å². The Labute approximate surface area is 129 Å². The maximum absolute atomic E-state index is 12.3. The molecule has 0 saturated heterocycles. The number of hydrogen-bond acceptors (Lipinski definition) is 4. The Hall–Kier alpha value is -1.75. The summed E-state index contributed by atoms with van der Waals surface area (Å²) in [6, 6.07) is 7.88. The average molecular weight is 304 g/mol. The van der Waals surface area contributed by atoms with Crippen LogP contribution >= 0.6 is 11.8 Å². The molecule has 0 fully saturated rings. The average Bonchev–Trinajstić information content (AvgIpc) is 2.86. The maximum atomic E-state index is 12.3. The molecule has 1 atom stereocenters. The van der Waals surface area contributed by atoms with Gasteiger partial charge in [-0.2, -0.15) is 0 Å². The molecule has 0 spiro atoms. The fourth-order valence-electron chi connectivity index (χ4n) is 2.01. The van der Waals surface area contributed by atoms with E-state index in [0.29, 0.717) is 5.75 Å². The van der Waals surface area contributed by atoms with Crippen LogP contribution in [-0.4, -0.2) is 16.3 Å². The largest absolute Gasteiger partial charge is 0.361 e. The summed E-state index contributed by atoms with van der Waals surface area (Å²) >= 11 is 1.55. The molecule has 4 nitrogen and oxygen atoms in total. The van der Waals surface area contributed by atoms with Gasteiger partial charge in [0.25, 0.3) is 0 Å². The molecule has 0 radical (unpaired) electrons. The molecule has 5 heteroatoms. The molecule has 1 heterocycles. The van der Waals surface area contributed by atoms with Gasteiger partial charge in [0, 0.05) is 17.5 Å². The number of amides is 1. The molecule has 21 heavy (non-hydrogen) atoms. The smallest absolute Gasteiger partial charge is 0.237 e. The number of nitrogens with zero attached hydrogens (tertiary/aromatic N) is 1. The molecule has 0 aliphatic carbocycles. The zero-order valence-electron chi connectivity index (χ0n) is 12.8. The van der Waals surface area contributed by atoms with Crippen molar-refractivity contribution < 1.29 is 9.32 Å². The van der Waals surface area contributed by atoms with Crippen LogP contribution in [0.1, 0.15) is 29.5 Å². The molecule has 1 N–H and O–H groups in total. The minimum absolute atomic E-state index is 0.0117. The van der Waals surface area contributed by atoms with Gasteiger partial charge in [0.05, 0.1) is 10.9 Å². The van der Waals surface area contributed by atoms with E-state index in [1.165, 1.54) is 0 Å². The summed E-state index contributed by atoms with van der Waals surface area (Å²) in [6.07, 6.45) is 0. The number of anilines is 1. The third-order valence-corrected chi connectivity index (χ3v) is 4.43. The number of thioether (sulfide) groups is 1. The number of carbonyl (C=O) groups is 1. The lowest BCUT2D eigenvalue weighted by molar-refractivity contribution is -0.115. The van der Waals surface area contributed by atoms with Gasteiger partial charge in [-0.05, 0) is 38.8 Å². The van der Waals surface area contributed by atoms with E-state index in [4.69, 9.17) is 4.52 Å². The molecule has 0 bridgehead atoms. The molecule has 1 amide bonds. The van der Waals surface area contributed by atoms with Gasteiger partial charge in [0.15, 0.2) is 0 Å². The number of aryl methyl sites for hydroxylation is 3. The van der Waals surface area contributed by atoms with E-state index in [0.717, 1.165) is 28.3 Å². The van der Waals surface area contributed by atoms with Gasteiger partial charge < -0.3 is 9.84 Å². The van der Waals surface area contributed by atoms with Crippen LogP contribution in [0.25, 0.3) is 0 Å². The van der Waals surface area contributed by atoms with Gasteiger partial charge in [-0.25, -0.2) is 0 Å². The Kier molecular flexibility index (Phi) is 5.07.